The van der Waals surface area contributed by atoms with Crippen LogP contribution in [-0.2, 0) is 6.42 Å². The molecule has 2 N–H and O–H groups in total. The summed E-state index contributed by atoms with van der Waals surface area (Å²) in [5.41, 5.74) is 8.18. The van der Waals surface area contributed by atoms with Crippen LogP contribution in [-0.4, -0.2) is 0 Å². The molecule has 0 aromatic heterocycles. The molecule has 2 aromatic rings. The minimum atomic E-state index is -0.655. The van der Waals surface area contributed by atoms with Crippen molar-refractivity contribution in [3.05, 3.63) is 69.7 Å². The molecule has 1 atom stereocenters. The van der Waals surface area contributed by atoms with Gasteiger partial charge in [-0.1, -0.05) is 41.4 Å². The van der Waals surface area contributed by atoms with Crippen LogP contribution in [0.1, 0.15) is 22.7 Å². The van der Waals surface area contributed by atoms with E-state index in [0.717, 1.165) is 23.3 Å². The summed E-state index contributed by atoms with van der Waals surface area (Å²) in [5.74, 6) is -1.23. The molecule has 0 fully saturated rings. The van der Waals surface area contributed by atoms with Gasteiger partial charge >= 0.3 is 0 Å². The lowest BCUT2D eigenvalue weighted by Gasteiger charge is -2.14. The Balaban J connectivity index is 2.25. The Bertz CT molecular complexity index is 599. The highest BCUT2D eigenvalue weighted by molar-refractivity contribution is 6.30. The third kappa shape index (κ3) is 3.31. The predicted octanol–water partition coefficient (Wildman–Crippen LogP) is 4.17. The molecule has 2 rings (SSSR count). The molecular formula is C15H14ClF2N. The predicted molar refractivity (Wildman–Crippen MR) is 73.2 cm³/mol. The molecule has 1 unspecified atom stereocenters. The summed E-state index contributed by atoms with van der Waals surface area (Å²) in [5, 5.41) is -0.232. The zero-order chi connectivity index (χ0) is 14.0. The minimum absolute atomic E-state index is 0.142. The van der Waals surface area contributed by atoms with Gasteiger partial charge in [0.15, 0.2) is 0 Å². The van der Waals surface area contributed by atoms with Gasteiger partial charge in [0.05, 0.1) is 5.02 Å². The molecule has 100 valence electrons. The maximum absolute atomic E-state index is 13.7. The van der Waals surface area contributed by atoms with Crippen LogP contribution < -0.4 is 5.73 Å². The minimum Gasteiger partial charge on any atom is -0.324 e. The van der Waals surface area contributed by atoms with E-state index in [1.807, 2.05) is 31.2 Å². The van der Waals surface area contributed by atoms with E-state index in [4.69, 9.17) is 17.3 Å². The molecule has 2 aromatic carbocycles. The molecule has 0 saturated heterocycles. The first-order chi connectivity index (χ1) is 8.97. The van der Waals surface area contributed by atoms with E-state index in [2.05, 4.69) is 0 Å². The molecule has 4 heteroatoms. The fourth-order valence-electron chi connectivity index (χ4n) is 2.03. The molecule has 1 nitrogen and oxygen atoms in total. The molecule has 0 aliphatic rings. The van der Waals surface area contributed by atoms with Crippen LogP contribution in [0.15, 0.2) is 36.4 Å². The second-order valence-corrected chi connectivity index (χ2v) is 4.99. The van der Waals surface area contributed by atoms with Crippen LogP contribution in [0.5, 0.6) is 0 Å². The van der Waals surface area contributed by atoms with E-state index < -0.39 is 17.7 Å². The topological polar surface area (TPSA) is 26.0 Å². The van der Waals surface area contributed by atoms with Gasteiger partial charge in [-0.2, -0.15) is 0 Å². The average Bonchev–Trinajstić information content (AvgIpc) is 2.33. The summed E-state index contributed by atoms with van der Waals surface area (Å²) in [6.07, 6.45) is 0.444. The van der Waals surface area contributed by atoms with Gasteiger partial charge in [0.25, 0.3) is 0 Å². The summed E-state index contributed by atoms with van der Waals surface area (Å²) >= 11 is 5.52. The Kier molecular flexibility index (Phi) is 4.17. The van der Waals surface area contributed by atoms with Crippen LogP contribution in [0.3, 0.4) is 0 Å². The van der Waals surface area contributed by atoms with E-state index >= 15 is 0 Å². The van der Waals surface area contributed by atoms with E-state index in [0.29, 0.717) is 6.42 Å². The standard InChI is InChI=1S/C15H14ClF2N/c1-9-3-2-4-10(5-9)6-15(19)11-7-14(18)12(16)8-13(11)17/h2-5,7-8,15H,6,19H2,1H3. The third-order valence-corrected chi connectivity index (χ3v) is 3.27. The Morgan fingerprint density at radius 2 is 1.89 bits per heavy atom. The Morgan fingerprint density at radius 3 is 2.58 bits per heavy atom. The summed E-state index contributed by atoms with van der Waals surface area (Å²) in [6, 6.07) is 9.20. The zero-order valence-corrected chi connectivity index (χ0v) is 11.2. The smallest absolute Gasteiger partial charge is 0.142 e. The second-order valence-electron chi connectivity index (χ2n) is 4.59. The maximum atomic E-state index is 13.7. The Labute approximate surface area is 116 Å². The van der Waals surface area contributed by atoms with Crippen LogP contribution in [0.25, 0.3) is 0 Å². The first kappa shape index (κ1) is 14.0. The number of hydrogen-bond acceptors (Lipinski definition) is 1. The zero-order valence-electron chi connectivity index (χ0n) is 10.5. The molecule has 19 heavy (non-hydrogen) atoms. The first-order valence-corrected chi connectivity index (χ1v) is 6.30. The van der Waals surface area contributed by atoms with Crippen molar-refractivity contribution >= 4 is 11.6 Å². The van der Waals surface area contributed by atoms with Crippen molar-refractivity contribution in [1.82, 2.24) is 0 Å². The van der Waals surface area contributed by atoms with Crippen LogP contribution in [0.2, 0.25) is 5.02 Å². The molecular weight excluding hydrogens is 268 g/mol. The molecule has 0 aliphatic heterocycles. The van der Waals surface area contributed by atoms with Gasteiger partial charge < -0.3 is 5.73 Å². The van der Waals surface area contributed by atoms with Gasteiger partial charge in [0.1, 0.15) is 11.6 Å². The average molecular weight is 282 g/mol. The van der Waals surface area contributed by atoms with Gasteiger partial charge in [0.2, 0.25) is 0 Å². The lowest BCUT2D eigenvalue weighted by molar-refractivity contribution is 0.561. The number of hydrogen-bond donors (Lipinski definition) is 1. The summed E-state index contributed by atoms with van der Waals surface area (Å²) < 4.78 is 27.1. The molecule has 0 aliphatic carbocycles. The molecule has 0 amide bonds. The summed E-state index contributed by atoms with van der Waals surface area (Å²) in [6.45, 7) is 1.97. The highest BCUT2D eigenvalue weighted by Gasteiger charge is 2.15. The number of rotatable bonds is 3. The number of nitrogens with two attached hydrogens (primary N) is 1. The molecule has 0 saturated carbocycles. The van der Waals surface area contributed by atoms with Gasteiger partial charge in [-0.3, -0.25) is 0 Å². The van der Waals surface area contributed by atoms with Gasteiger partial charge in [-0.05, 0) is 31.0 Å². The van der Waals surface area contributed by atoms with Crippen LogP contribution in [0, 0.1) is 18.6 Å². The van der Waals surface area contributed by atoms with Crippen LogP contribution >= 0.6 is 11.6 Å². The maximum Gasteiger partial charge on any atom is 0.142 e. The Morgan fingerprint density at radius 1 is 1.16 bits per heavy atom. The van der Waals surface area contributed by atoms with E-state index in [1.165, 1.54) is 0 Å². The summed E-state index contributed by atoms with van der Waals surface area (Å²) in [4.78, 5) is 0. The van der Waals surface area contributed by atoms with Crippen molar-refractivity contribution in [3.8, 4) is 0 Å². The van der Waals surface area contributed by atoms with Crippen molar-refractivity contribution in [2.75, 3.05) is 0 Å². The summed E-state index contributed by atoms with van der Waals surface area (Å²) in [7, 11) is 0. The van der Waals surface area contributed by atoms with Gasteiger partial charge in [0, 0.05) is 11.6 Å². The van der Waals surface area contributed by atoms with E-state index in [-0.39, 0.29) is 10.6 Å². The molecule has 0 radical (unpaired) electrons. The van der Waals surface area contributed by atoms with Crippen molar-refractivity contribution in [2.24, 2.45) is 5.73 Å². The largest absolute Gasteiger partial charge is 0.324 e. The fourth-order valence-corrected chi connectivity index (χ4v) is 2.18. The van der Waals surface area contributed by atoms with Gasteiger partial charge in [-0.25, -0.2) is 8.78 Å². The quantitative estimate of drug-likeness (QED) is 0.840. The normalized spacial score (nSPS) is 12.5. The fraction of sp³-hybridized carbons (Fsp3) is 0.200. The van der Waals surface area contributed by atoms with Crippen LogP contribution in [0.4, 0.5) is 8.78 Å². The second kappa shape index (κ2) is 5.68. The third-order valence-electron chi connectivity index (χ3n) is 2.98. The lowest BCUT2D eigenvalue weighted by atomic mass is 9.98. The molecule has 0 spiro atoms. The SMILES string of the molecule is Cc1cccc(CC(N)c2cc(F)c(Cl)cc2F)c1. The van der Waals surface area contributed by atoms with Crippen molar-refractivity contribution in [1.29, 1.82) is 0 Å². The number of aryl methyl sites for hydroxylation is 1. The first-order valence-electron chi connectivity index (χ1n) is 5.93. The highest BCUT2D eigenvalue weighted by atomic mass is 35.5. The van der Waals surface area contributed by atoms with Gasteiger partial charge in [-0.15, -0.1) is 0 Å². The number of benzene rings is 2. The molecule has 0 heterocycles. The van der Waals surface area contributed by atoms with E-state index in [1.54, 1.807) is 0 Å². The number of halogens is 3. The van der Waals surface area contributed by atoms with Crippen molar-refractivity contribution in [3.63, 3.8) is 0 Å². The molecule has 0 bridgehead atoms. The highest BCUT2D eigenvalue weighted by Crippen LogP contribution is 2.25. The monoisotopic (exact) mass is 281 g/mol. The Hall–Kier alpha value is -1.45. The van der Waals surface area contributed by atoms with E-state index in [9.17, 15) is 8.78 Å². The lowest BCUT2D eigenvalue weighted by Crippen LogP contribution is -2.15. The van der Waals surface area contributed by atoms with Crippen molar-refractivity contribution in [2.45, 2.75) is 19.4 Å². The van der Waals surface area contributed by atoms with Crippen molar-refractivity contribution < 1.29 is 8.78 Å².